The van der Waals surface area contributed by atoms with Crippen LogP contribution in [0.2, 0.25) is 0 Å². The van der Waals surface area contributed by atoms with Gasteiger partial charge in [-0.3, -0.25) is 34.0 Å². The van der Waals surface area contributed by atoms with Crippen LogP contribution in [-0.4, -0.2) is 161 Å². The maximum atomic E-state index is 12.3. The summed E-state index contributed by atoms with van der Waals surface area (Å²) in [6, 6.07) is 2.13. The van der Waals surface area contributed by atoms with Crippen LogP contribution in [0.25, 0.3) is 0 Å². The molecule has 1 saturated heterocycles. The molecule has 1 rings (SSSR count). The molecule has 1 aliphatic rings. The molecule has 0 aromatic heterocycles. The standard InChI is InChI=1S/C20H35N5O6.Na.H/c1-20(2,3)31-19(30)16-25-9-7-22(5-4-21)6-8-23(14-17(26)27)10-11-24(12-13-25)15-18(28)29;;/h5-16H2,1-3H3,(H,26,27)(H,28,29);;. The molecule has 2 N–H and O–H groups in total. The monoisotopic (exact) mass is 465 g/mol. The van der Waals surface area contributed by atoms with Gasteiger partial charge in [0.2, 0.25) is 0 Å². The number of carbonyl (C=O) groups is 3. The Hall–Kier alpha value is -1.26. The number of carbonyl (C=O) groups excluding carboxylic acids is 1. The number of nitrogens with zero attached hydrogens (tertiary/aromatic N) is 5. The minimum atomic E-state index is -0.962. The van der Waals surface area contributed by atoms with Gasteiger partial charge in [0, 0.05) is 52.4 Å². The first kappa shape index (κ1) is 30.7. The Morgan fingerprint density at radius 3 is 1.44 bits per heavy atom. The van der Waals surface area contributed by atoms with Crippen molar-refractivity contribution in [3.63, 3.8) is 0 Å². The Balaban J connectivity index is 0.00000961. The SMILES string of the molecule is CC(C)(C)OC(=O)CN1CCN(CC#N)CCN(CC(=O)O)CCN(CC(=O)O)CC1.[NaH]. The fourth-order valence-corrected chi connectivity index (χ4v) is 3.25. The topological polar surface area (TPSA) is 138 Å². The summed E-state index contributed by atoms with van der Waals surface area (Å²) in [6.45, 7) is 8.97. The summed E-state index contributed by atoms with van der Waals surface area (Å²) >= 11 is 0. The third kappa shape index (κ3) is 14.7. The van der Waals surface area contributed by atoms with Crippen molar-refractivity contribution in [1.82, 2.24) is 19.6 Å². The molecule has 0 bridgehead atoms. The van der Waals surface area contributed by atoms with Gasteiger partial charge in [-0.1, -0.05) is 0 Å². The predicted molar refractivity (Wildman–Crippen MR) is 120 cm³/mol. The van der Waals surface area contributed by atoms with Crippen molar-refractivity contribution < 1.29 is 29.3 Å². The first-order valence-corrected chi connectivity index (χ1v) is 10.4. The quantitative estimate of drug-likeness (QED) is 0.261. The van der Waals surface area contributed by atoms with Crippen LogP contribution in [0, 0.1) is 11.3 Å². The van der Waals surface area contributed by atoms with E-state index in [0.29, 0.717) is 52.4 Å². The van der Waals surface area contributed by atoms with Crippen LogP contribution in [0.4, 0.5) is 0 Å². The van der Waals surface area contributed by atoms with Crippen molar-refractivity contribution in [3.05, 3.63) is 0 Å². The van der Waals surface area contributed by atoms with Crippen LogP contribution < -0.4 is 0 Å². The van der Waals surface area contributed by atoms with Crippen LogP contribution in [0.5, 0.6) is 0 Å². The first-order valence-electron chi connectivity index (χ1n) is 10.4. The number of aliphatic carboxylic acids is 2. The molecule has 0 spiro atoms. The molecule has 0 saturated carbocycles. The molecule has 0 unspecified atom stereocenters. The summed E-state index contributed by atoms with van der Waals surface area (Å²) < 4.78 is 5.41. The molecular weight excluding hydrogens is 429 g/mol. The molecule has 0 aromatic carbocycles. The number of hydrogen-bond acceptors (Lipinski definition) is 9. The first-order chi connectivity index (χ1) is 14.5. The van der Waals surface area contributed by atoms with E-state index in [0.717, 1.165) is 0 Å². The van der Waals surface area contributed by atoms with Gasteiger partial charge in [-0.15, -0.1) is 0 Å². The van der Waals surface area contributed by atoms with Crippen LogP contribution >= 0.6 is 0 Å². The molecule has 0 radical (unpaired) electrons. The second-order valence-electron chi connectivity index (χ2n) is 8.64. The molecule has 0 amide bonds. The van der Waals surface area contributed by atoms with E-state index in [1.807, 2.05) is 9.80 Å². The summed E-state index contributed by atoms with van der Waals surface area (Å²) in [7, 11) is 0. The van der Waals surface area contributed by atoms with Gasteiger partial charge in [-0.05, 0) is 20.8 Å². The van der Waals surface area contributed by atoms with Crippen molar-refractivity contribution in [1.29, 1.82) is 5.26 Å². The number of nitriles is 1. The van der Waals surface area contributed by atoms with Gasteiger partial charge in [0.1, 0.15) is 5.60 Å². The van der Waals surface area contributed by atoms with Crippen LogP contribution in [0.15, 0.2) is 0 Å². The van der Waals surface area contributed by atoms with E-state index in [1.54, 1.807) is 30.6 Å². The predicted octanol–water partition coefficient (Wildman–Crippen LogP) is -1.41. The molecule has 1 aliphatic heterocycles. The molecule has 0 atom stereocenters. The van der Waals surface area contributed by atoms with Gasteiger partial charge >= 0.3 is 47.5 Å². The van der Waals surface area contributed by atoms with Crippen LogP contribution in [0.3, 0.4) is 0 Å². The van der Waals surface area contributed by atoms with Gasteiger partial charge in [0.15, 0.2) is 0 Å². The van der Waals surface area contributed by atoms with Crippen molar-refractivity contribution in [2.75, 3.05) is 78.5 Å². The van der Waals surface area contributed by atoms with E-state index in [-0.39, 0.29) is 61.7 Å². The summed E-state index contributed by atoms with van der Waals surface area (Å²) in [4.78, 5) is 42.1. The second-order valence-corrected chi connectivity index (χ2v) is 8.64. The third-order valence-corrected chi connectivity index (χ3v) is 4.71. The number of carboxylic acids is 2. The molecule has 0 aromatic rings. The summed E-state index contributed by atoms with van der Waals surface area (Å²) in [5.74, 6) is -2.27. The van der Waals surface area contributed by atoms with Crippen molar-refractivity contribution in [3.8, 4) is 6.07 Å². The minimum absolute atomic E-state index is 0. The van der Waals surface area contributed by atoms with Crippen molar-refractivity contribution in [2.45, 2.75) is 26.4 Å². The number of carboxylic acid groups (broad SMARTS) is 2. The van der Waals surface area contributed by atoms with E-state index in [2.05, 4.69) is 6.07 Å². The third-order valence-electron chi connectivity index (χ3n) is 4.71. The summed E-state index contributed by atoms with van der Waals surface area (Å²) in [5, 5.41) is 27.5. The molecule has 11 nitrogen and oxygen atoms in total. The zero-order valence-electron chi connectivity index (χ0n) is 18.7. The van der Waals surface area contributed by atoms with E-state index in [9.17, 15) is 19.5 Å². The number of esters is 1. The average molecular weight is 466 g/mol. The second kappa shape index (κ2) is 15.6. The van der Waals surface area contributed by atoms with E-state index < -0.39 is 17.5 Å². The summed E-state index contributed by atoms with van der Waals surface area (Å²) in [6.07, 6.45) is 0. The molecular formula is C20H36N5NaO6. The molecule has 178 valence electrons. The fraction of sp³-hybridized carbons (Fsp3) is 0.800. The Kier molecular flexibility index (Phi) is 14.9. The van der Waals surface area contributed by atoms with E-state index in [4.69, 9.17) is 15.1 Å². The Morgan fingerprint density at radius 1 is 0.781 bits per heavy atom. The van der Waals surface area contributed by atoms with Crippen LogP contribution in [-0.2, 0) is 19.1 Å². The summed E-state index contributed by atoms with van der Waals surface area (Å²) in [5.41, 5.74) is -0.598. The molecule has 12 heteroatoms. The molecule has 32 heavy (non-hydrogen) atoms. The van der Waals surface area contributed by atoms with E-state index in [1.165, 1.54) is 0 Å². The van der Waals surface area contributed by atoms with Gasteiger partial charge in [-0.25, -0.2) is 0 Å². The van der Waals surface area contributed by atoms with Gasteiger partial charge < -0.3 is 14.9 Å². The normalized spacial score (nSPS) is 18.4. The van der Waals surface area contributed by atoms with Gasteiger partial charge in [0.25, 0.3) is 0 Å². The number of hydrogen-bond donors (Lipinski definition) is 2. The Bertz CT molecular complexity index is 651. The number of rotatable bonds is 7. The molecule has 1 fully saturated rings. The Morgan fingerprint density at radius 2 is 1.12 bits per heavy atom. The van der Waals surface area contributed by atoms with E-state index >= 15 is 0 Å². The van der Waals surface area contributed by atoms with Crippen molar-refractivity contribution >= 4 is 47.5 Å². The number of ether oxygens (including phenoxy) is 1. The van der Waals surface area contributed by atoms with Gasteiger partial charge in [0.05, 0.1) is 32.2 Å². The zero-order valence-corrected chi connectivity index (χ0v) is 18.7. The fourth-order valence-electron chi connectivity index (χ4n) is 3.25. The van der Waals surface area contributed by atoms with Gasteiger partial charge in [-0.2, -0.15) is 5.26 Å². The average Bonchev–Trinajstić information content (AvgIpc) is 2.61. The molecule has 0 aliphatic carbocycles. The molecule has 1 heterocycles. The maximum absolute atomic E-state index is 12.3. The Labute approximate surface area is 212 Å². The zero-order chi connectivity index (χ0) is 23.4. The van der Waals surface area contributed by atoms with Crippen molar-refractivity contribution in [2.24, 2.45) is 0 Å². The van der Waals surface area contributed by atoms with Crippen LogP contribution in [0.1, 0.15) is 20.8 Å².